The first-order valence-electron chi connectivity index (χ1n) is 9.66. The number of nitrogens with one attached hydrogen (secondary N) is 1. The number of halogens is 1. The van der Waals surface area contributed by atoms with Crippen molar-refractivity contribution in [2.75, 3.05) is 19.6 Å². The van der Waals surface area contributed by atoms with E-state index in [1.165, 1.54) is 24.3 Å². The van der Waals surface area contributed by atoms with E-state index in [9.17, 15) is 18.8 Å². The van der Waals surface area contributed by atoms with Crippen molar-refractivity contribution in [3.63, 3.8) is 0 Å². The molecule has 1 N–H and O–H groups in total. The van der Waals surface area contributed by atoms with Gasteiger partial charge in [0.2, 0.25) is 5.91 Å². The molecule has 0 unspecified atom stereocenters. The van der Waals surface area contributed by atoms with Crippen molar-refractivity contribution in [2.24, 2.45) is 0 Å². The van der Waals surface area contributed by atoms with Gasteiger partial charge in [0.05, 0.1) is 0 Å². The van der Waals surface area contributed by atoms with Crippen LogP contribution in [0.1, 0.15) is 51.0 Å². The third kappa shape index (κ3) is 3.82. The van der Waals surface area contributed by atoms with Crippen LogP contribution in [0.2, 0.25) is 0 Å². The lowest BCUT2D eigenvalue weighted by molar-refractivity contribution is -0.139. The summed E-state index contributed by atoms with van der Waals surface area (Å²) in [5, 5.41) is 2.79. The summed E-state index contributed by atoms with van der Waals surface area (Å²) in [5.41, 5.74) is -0.688. The summed E-state index contributed by atoms with van der Waals surface area (Å²) in [5.74, 6) is -1.04. The van der Waals surface area contributed by atoms with E-state index >= 15 is 0 Å². The molecule has 1 atom stereocenters. The Morgan fingerprint density at radius 3 is 2.44 bits per heavy atom. The summed E-state index contributed by atoms with van der Waals surface area (Å²) in [7, 11) is 0. The average molecular weight is 375 g/mol. The van der Waals surface area contributed by atoms with Gasteiger partial charge in [-0.25, -0.2) is 9.18 Å². The zero-order valence-electron chi connectivity index (χ0n) is 15.7. The minimum Gasteiger partial charge on any atom is -0.341 e. The van der Waals surface area contributed by atoms with Crippen LogP contribution in [0.15, 0.2) is 24.3 Å². The second kappa shape index (κ2) is 8.06. The van der Waals surface area contributed by atoms with Crippen LogP contribution in [0.5, 0.6) is 0 Å². The van der Waals surface area contributed by atoms with Crippen LogP contribution in [0.25, 0.3) is 0 Å². The van der Waals surface area contributed by atoms with E-state index in [1.54, 1.807) is 4.90 Å². The maximum atomic E-state index is 13.3. The minimum atomic E-state index is -1.23. The molecular formula is C20H26FN3O3. The smallest absolute Gasteiger partial charge is 0.325 e. The number of urea groups is 1. The fraction of sp³-hybridized carbons (Fsp3) is 0.550. The zero-order chi connectivity index (χ0) is 19.4. The van der Waals surface area contributed by atoms with Gasteiger partial charge in [0.1, 0.15) is 17.9 Å². The fourth-order valence-electron chi connectivity index (χ4n) is 3.83. The van der Waals surface area contributed by atoms with Gasteiger partial charge in [-0.2, -0.15) is 0 Å². The highest BCUT2D eigenvalue weighted by Gasteiger charge is 2.52. The summed E-state index contributed by atoms with van der Waals surface area (Å²) in [6, 6.07) is 5.05. The number of hydrogen-bond donors (Lipinski definition) is 1. The summed E-state index contributed by atoms with van der Waals surface area (Å²) < 4.78 is 13.3. The summed E-state index contributed by atoms with van der Waals surface area (Å²) in [6.07, 6.45) is 4.96. The Balaban J connectivity index is 1.83. The van der Waals surface area contributed by atoms with Crippen LogP contribution in [0.3, 0.4) is 0 Å². The largest absolute Gasteiger partial charge is 0.341 e. The quantitative estimate of drug-likeness (QED) is 0.778. The van der Waals surface area contributed by atoms with E-state index in [4.69, 9.17) is 0 Å². The van der Waals surface area contributed by atoms with Crippen LogP contribution < -0.4 is 5.32 Å². The molecule has 27 heavy (non-hydrogen) atoms. The molecule has 6 nitrogen and oxygen atoms in total. The van der Waals surface area contributed by atoms with Crippen LogP contribution >= 0.6 is 0 Å². The molecule has 0 aromatic heterocycles. The molecule has 4 amide bonds. The molecule has 146 valence electrons. The molecule has 0 saturated carbocycles. The number of likely N-dealkylation sites (tertiary alicyclic amines) is 1. The van der Waals surface area contributed by atoms with Gasteiger partial charge >= 0.3 is 6.03 Å². The van der Waals surface area contributed by atoms with Gasteiger partial charge in [0.25, 0.3) is 5.91 Å². The maximum Gasteiger partial charge on any atom is 0.325 e. The van der Waals surface area contributed by atoms with Crippen LogP contribution in [-0.2, 0) is 15.1 Å². The molecule has 2 saturated heterocycles. The Morgan fingerprint density at radius 1 is 1.15 bits per heavy atom. The van der Waals surface area contributed by atoms with Crippen molar-refractivity contribution in [1.29, 1.82) is 0 Å². The molecule has 2 fully saturated rings. The highest BCUT2D eigenvalue weighted by molar-refractivity contribution is 6.09. The van der Waals surface area contributed by atoms with E-state index < -0.39 is 23.3 Å². The molecule has 7 heteroatoms. The van der Waals surface area contributed by atoms with Crippen molar-refractivity contribution < 1.29 is 18.8 Å². The Morgan fingerprint density at radius 2 is 1.81 bits per heavy atom. The van der Waals surface area contributed by atoms with E-state index in [0.717, 1.165) is 37.0 Å². The monoisotopic (exact) mass is 375 g/mol. The number of nitrogens with zero attached hydrogens (tertiary/aromatic N) is 2. The van der Waals surface area contributed by atoms with Crippen molar-refractivity contribution in [3.8, 4) is 0 Å². The highest BCUT2D eigenvalue weighted by Crippen LogP contribution is 2.34. The van der Waals surface area contributed by atoms with Gasteiger partial charge in [-0.15, -0.1) is 0 Å². The molecule has 2 aliphatic rings. The van der Waals surface area contributed by atoms with E-state index in [-0.39, 0.29) is 12.5 Å². The lowest BCUT2D eigenvalue weighted by Crippen LogP contribution is -2.46. The number of benzene rings is 1. The molecular weight excluding hydrogens is 349 g/mol. The van der Waals surface area contributed by atoms with Crippen LogP contribution in [0, 0.1) is 5.82 Å². The fourth-order valence-corrected chi connectivity index (χ4v) is 3.83. The number of hydrogen-bond acceptors (Lipinski definition) is 3. The molecule has 0 radical (unpaired) electrons. The van der Waals surface area contributed by atoms with Crippen LogP contribution in [-0.4, -0.2) is 47.3 Å². The second-order valence-corrected chi connectivity index (χ2v) is 7.28. The standard InChI is InChI=1S/C20H26FN3O3/c1-2-3-11-20(15-7-9-16(21)10-8-15)18(26)24(19(27)22-20)14-17(25)23-12-5-4-6-13-23/h7-10H,2-6,11-14H2,1H3,(H,22,27)/t20-/m1/s1. The Hall–Kier alpha value is -2.44. The van der Waals surface area contributed by atoms with Gasteiger partial charge in [-0.1, -0.05) is 31.9 Å². The number of unbranched alkanes of at least 4 members (excludes halogenated alkanes) is 1. The number of carbonyl (C=O) groups excluding carboxylic acids is 3. The van der Waals surface area contributed by atoms with Crippen molar-refractivity contribution >= 4 is 17.8 Å². The highest BCUT2D eigenvalue weighted by atomic mass is 19.1. The first kappa shape index (κ1) is 19.3. The van der Waals surface area contributed by atoms with Gasteiger partial charge in [-0.05, 0) is 43.4 Å². The van der Waals surface area contributed by atoms with Gasteiger partial charge in [-0.3, -0.25) is 14.5 Å². The predicted molar refractivity (Wildman–Crippen MR) is 98.3 cm³/mol. The number of rotatable bonds is 6. The molecule has 0 aliphatic carbocycles. The number of amides is 4. The molecule has 0 bridgehead atoms. The van der Waals surface area contributed by atoms with E-state index in [1.807, 2.05) is 6.92 Å². The molecule has 3 rings (SSSR count). The van der Waals surface area contributed by atoms with Crippen molar-refractivity contribution in [1.82, 2.24) is 15.1 Å². The summed E-state index contributed by atoms with van der Waals surface area (Å²) in [6.45, 7) is 3.08. The lowest BCUT2D eigenvalue weighted by atomic mass is 9.85. The molecule has 2 heterocycles. The van der Waals surface area contributed by atoms with Crippen LogP contribution in [0.4, 0.5) is 9.18 Å². The minimum absolute atomic E-state index is 0.205. The first-order chi connectivity index (χ1) is 13.0. The van der Waals surface area contributed by atoms with Gasteiger partial charge in [0.15, 0.2) is 0 Å². The van der Waals surface area contributed by atoms with Gasteiger partial charge in [0, 0.05) is 13.1 Å². The van der Waals surface area contributed by atoms with Crippen molar-refractivity contribution in [2.45, 2.75) is 51.0 Å². The second-order valence-electron chi connectivity index (χ2n) is 7.28. The van der Waals surface area contributed by atoms with E-state index in [2.05, 4.69) is 5.32 Å². The summed E-state index contributed by atoms with van der Waals surface area (Å²) >= 11 is 0. The maximum absolute atomic E-state index is 13.3. The average Bonchev–Trinajstić information content (AvgIpc) is 2.92. The topological polar surface area (TPSA) is 69.7 Å². The molecule has 1 aromatic rings. The van der Waals surface area contributed by atoms with Gasteiger partial charge < -0.3 is 10.2 Å². The normalized spacial score (nSPS) is 22.9. The third-order valence-corrected chi connectivity index (χ3v) is 5.42. The number of carbonyl (C=O) groups is 3. The first-order valence-corrected chi connectivity index (χ1v) is 9.66. The zero-order valence-corrected chi connectivity index (χ0v) is 15.7. The SMILES string of the molecule is CCCC[C@]1(c2ccc(F)cc2)NC(=O)N(CC(=O)N2CCCCC2)C1=O. The number of piperidine rings is 1. The Labute approximate surface area is 158 Å². The molecule has 0 spiro atoms. The summed E-state index contributed by atoms with van der Waals surface area (Å²) in [4.78, 5) is 41.1. The number of imide groups is 1. The lowest BCUT2D eigenvalue weighted by Gasteiger charge is -2.29. The van der Waals surface area contributed by atoms with Crippen molar-refractivity contribution in [3.05, 3.63) is 35.6 Å². The Kier molecular flexibility index (Phi) is 5.77. The Bertz CT molecular complexity index is 716. The molecule has 1 aromatic carbocycles. The van der Waals surface area contributed by atoms with E-state index in [0.29, 0.717) is 25.1 Å². The molecule has 2 aliphatic heterocycles. The predicted octanol–water partition coefficient (Wildman–Crippen LogP) is 2.78. The third-order valence-electron chi connectivity index (χ3n) is 5.42.